The third kappa shape index (κ3) is 3.92. The predicted molar refractivity (Wildman–Crippen MR) is 115 cm³/mol. The quantitative estimate of drug-likeness (QED) is 0.308. The van der Waals surface area contributed by atoms with Crippen LogP contribution in [0, 0.1) is 0 Å². The SMILES string of the molecule is CCOc1ccc(C(=O)[C@@H](C)OC(=O)Cc2coc3ccc4ccccc4c23)cc1. The van der Waals surface area contributed by atoms with Crippen LogP contribution in [0.3, 0.4) is 0 Å². The minimum Gasteiger partial charge on any atom is -0.494 e. The number of hydrogen-bond donors (Lipinski definition) is 0. The van der Waals surface area contributed by atoms with Crippen molar-refractivity contribution in [1.29, 1.82) is 0 Å². The summed E-state index contributed by atoms with van der Waals surface area (Å²) in [6.45, 7) is 4.03. The van der Waals surface area contributed by atoms with Crippen LogP contribution < -0.4 is 4.74 Å². The van der Waals surface area contributed by atoms with Gasteiger partial charge in [-0.05, 0) is 55.0 Å². The Balaban J connectivity index is 1.48. The first-order valence-corrected chi connectivity index (χ1v) is 9.91. The summed E-state index contributed by atoms with van der Waals surface area (Å²) in [6, 6.07) is 18.6. The van der Waals surface area contributed by atoms with Gasteiger partial charge in [-0.2, -0.15) is 0 Å². The van der Waals surface area contributed by atoms with E-state index in [1.54, 1.807) is 37.5 Å². The highest BCUT2D eigenvalue weighted by Crippen LogP contribution is 2.30. The lowest BCUT2D eigenvalue weighted by molar-refractivity contribution is -0.145. The Morgan fingerprint density at radius 2 is 1.77 bits per heavy atom. The molecular weight excluding hydrogens is 380 g/mol. The van der Waals surface area contributed by atoms with Gasteiger partial charge in [-0.3, -0.25) is 9.59 Å². The van der Waals surface area contributed by atoms with Gasteiger partial charge in [0.05, 0.1) is 19.3 Å². The van der Waals surface area contributed by atoms with Gasteiger partial charge in [0.2, 0.25) is 5.78 Å². The molecule has 3 aromatic carbocycles. The third-order valence-electron chi connectivity index (χ3n) is 5.00. The van der Waals surface area contributed by atoms with Gasteiger partial charge < -0.3 is 13.9 Å². The average Bonchev–Trinajstić information content (AvgIpc) is 3.17. The maximum absolute atomic E-state index is 12.6. The number of benzene rings is 3. The number of esters is 1. The van der Waals surface area contributed by atoms with Crippen LogP contribution in [0.5, 0.6) is 5.75 Å². The minimum atomic E-state index is -0.884. The van der Waals surface area contributed by atoms with Crippen molar-refractivity contribution in [1.82, 2.24) is 0 Å². The number of furan rings is 1. The van der Waals surface area contributed by atoms with E-state index < -0.39 is 12.1 Å². The van der Waals surface area contributed by atoms with Gasteiger partial charge in [0.1, 0.15) is 11.3 Å². The highest BCUT2D eigenvalue weighted by Gasteiger charge is 2.21. The second-order valence-corrected chi connectivity index (χ2v) is 7.05. The van der Waals surface area contributed by atoms with Crippen LogP contribution in [0.2, 0.25) is 0 Å². The first-order chi connectivity index (χ1) is 14.6. The van der Waals surface area contributed by atoms with Gasteiger partial charge in [0, 0.05) is 16.5 Å². The maximum Gasteiger partial charge on any atom is 0.311 e. The van der Waals surface area contributed by atoms with E-state index in [0.717, 1.165) is 27.3 Å². The van der Waals surface area contributed by atoms with Crippen molar-refractivity contribution in [2.45, 2.75) is 26.4 Å². The lowest BCUT2D eigenvalue weighted by atomic mass is 10.0. The molecule has 0 aliphatic heterocycles. The number of ketones is 1. The van der Waals surface area contributed by atoms with Crippen molar-refractivity contribution in [3.8, 4) is 5.75 Å². The molecule has 1 atom stereocenters. The maximum atomic E-state index is 12.6. The van der Waals surface area contributed by atoms with Crippen LogP contribution >= 0.6 is 0 Å². The Hall–Kier alpha value is -3.60. The van der Waals surface area contributed by atoms with E-state index in [1.165, 1.54) is 0 Å². The van der Waals surface area contributed by atoms with Crippen LogP contribution in [0.4, 0.5) is 0 Å². The van der Waals surface area contributed by atoms with Gasteiger partial charge >= 0.3 is 5.97 Å². The standard InChI is InChI=1S/C25H22O5/c1-3-28-20-11-8-18(9-12-20)25(27)16(2)30-23(26)14-19-15-29-22-13-10-17-6-4-5-7-21(17)24(19)22/h4-13,15-16H,3,14H2,1-2H3/t16-/m1/s1. The molecule has 5 nitrogen and oxygen atoms in total. The smallest absolute Gasteiger partial charge is 0.311 e. The van der Waals surface area contributed by atoms with Crippen molar-refractivity contribution in [3.05, 3.63) is 78.1 Å². The fourth-order valence-corrected chi connectivity index (χ4v) is 3.57. The Bertz CT molecular complexity index is 1200. The molecule has 0 aliphatic carbocycles. The minimum absolute atomic E-state index is 0.0297. The summed E-state index contributed by atoms with van der Waals surface area (Å²) in [7, 11) is 0. The monoisotopic (exact) mass is 402 g/mol. The summed E-state index contributed by atoms with van der Waals surface area (Å²) in [5.41, 5.74) is 1.93. The number of Topliss-reactive ketones (excluding diaryl/α,β-unsaturated/α-hetero) is 1. The fourth-order valence-electron chi connectivity index (χ4n) is 3.57. The highest BCUT2D eigenvalue weighted by molar-refractivity contribution is 6.08. The molecule has 1 aromatic heterocycles. The molecule has 0 spiro atoms. The van der Waals surface area contributed by atoms with Gasteiger partial charge in [0.15, 0.2) is 6.10 Å². The van der Waals surface area contributed by atoms with Crippen molar-refractivity contribution >= 4 is 33.5 Å². The second kappa shape index (κ2) is 8.41. The van der Waals surface area contributed by atoms with E-state index in [-0.39, 0.29) is 12.2 Å². The number of hydrogen-bond acceptors (Lipinski definition) is 5. The fraction of sp³-hybridized carbons (Fsp3) is 0.200. The summed E-state index contributed by atoms with van der Waals surface area (Å²) >= 11 is 0. The molecule has 4 rings (SSSR count). The third-order valence-corrected chi connectivity index (χ3v) is 5.00. The zero-order valence-electron chi connectivity index (χ0n) is 16.9. The average molecular weight is 402 g/mol. The van der Waals surface area contributed by atoms with E-state index in [0.29, 0.717) is 17.9 Å². The second-order valence-electron chi connectivity index (χ2n) is 7.05. The normalized spacial score (nSPS) is 12.1. The lowest BCUT2D eigenvalue weighted by Crippen LogP contribution is -2.25. The molecule has 0 unspecified atom stereocenters. The van der Waals surface area contributed by atoms with Crippen molar-refractivity contribution in [2.24, 2.45) is 0 Å². The predicted octanol–water partition coefficient (Wildman–Crippen LogP) is 5.34. The zero-order valence-corrected chi connectivity index (χ0v) is 16.9. The molecule has 4 aromatic rings. The molecule has 0 amide bonds. The van der Waals surface area contributed by atoms with Crippen molar-refractivity contribution < 1.29 is 23.5 Å². The zero-order chi connectivity index (χ0) is 21.1. The summed E-state index contributed by atoms with van der Waals surface area (Å²) in [6.07, 6.45) is 0.726. The van der Waals surface area contributed by atoms with Crippen molar-refractivity contribution in [2.75, 3.05) is 6.61 Å². The number of rotatable bonds is 7. The van der Waals surface area contributed by atoms with Crippen LogP contribution in [-0.2, 0) is 16.0 Å². The number of fused-ring (bicyclic) bond motifs is 3. The molecule has 0 saturated heterocycles. The summed E-state index contributed by atoms with van der Waals surface area (Å²) in [4.78, 5) is 25.1. The van der Waals surface area contributed by atoms with Gasteiger partial charge in [0.25, 0.3) is 0 Å². The van der Waals surface area contributed by atoms with E-state index in [2.05, 4.69) is 0 Å². The molecule has 5 heteroatoms. The number of ether oxygens (including phenoxy) is 2. The largest absolute Gasteiger partial charge is 0.494 e. The van der Waals surface area contributed by atoms with Gasteiger partial charge in [-0.15, -0.1) is 0 Å². The Morgan fingerprint density at radius 3 is 2.53 bits per heavy atom. The molecule has 0 bridgehead atoms. The lowest BCUT2D eigenvalue weighted by Gasteiger charge is -2.13. The first kappa shape index (κ1) is 19.7. The van der Waals surface area contributed by atoms with Gasteiger partial charge in [-0.1, -0.05) is 30.3 Å². The van der Waals surface area contributed by atoms with Crippen LogP contribution in [0.25, 0.3) is 21.7 Å². The van der Waals surface area contributed by atoms with E-state index in [1.807, 2.05) is 43.3 Å². The van der Waals surface area contributed by atoms with Gasteiger partial charge in [-0.25, -0.2) is 0 Å². The molecule has 1 heterocycles. The molecule has 30 heavy (non-hydrogen) atoms. The topological polar surface area (TPSA) is 65.7 Å². The number of carbonyl (C=O) groups excluding carboxylic acids is 2. The summed E-state index contributed by atoms with van der Waals surface area (Å²) in [5, 5.41) is 2.99. The Morgan fingerprint density at radius 1 is 1.00 bits per heavy atom. The molecule has 0 radical (unpaired) electrons. The number of carbonyl (C=O) groups is 2. The molecule has 152 valence electrons. The first-order valence-electron chi connectivity index (χ1n) is 9.91. The molecule has 0 N–H and O–H groups in total. The molecule has 0 saturated carbocycles. The van der Waals surface area contributed by atoms with Crippen molar-refractivity contribution in [3.63, 3.8) is 0 Å². The summed E-state index contributed by atoms with van der Waals surface area (Å²) < 4.78 is 16.4. The van der Waals surface area contributed by atoms with Crippen LogP contribution in [-0.4, -0.2) is 24.5 Å². The molecule has 0 fully saturated rings. The van der Waals surface area contributed by atoms with Crippen LogP contribution in [0.1, 0.15) is 29.8 Å². The van der Waals surface area contributed by atoms with E-state index in [4.69, 9.17) is 13.9 Å². The molecular formula is C25H22O5. The highest BCUT2D eigenvalue weighted by atomic mass is 16.5. The molecule has 0 aliphatic rings. The van der Waals surface area contributed by atoms with Crippen LogP contribution in [0.15, 0.2) is 71.3 Å². The van der Waals surface area contributed by atoms with E-state index >= 15 is 0 Å². The summed E-state index contributed by atoms with van der Waals surface area (Å²) in [5.74, 6) is -0.0379. The van der Waals surface area contributed by atoms with E-state index in [9.17, 15) is 9.59 Å². The Labute approximate surface area is 174 Å². The Kier molecular flexibility index (Phi) is 5.53.